The molecule has 0 radical (unpaired) electrons. The first kappa shape index (κ1) is 37.5. The molecule has 1 heterocycles. The minimum atomic E-state index is -0.203. The second kappa shape index (κ2) is 13.7. The minimum Gasteiger partial charge on any atom is -0.310 e. The number of hydrogen-bond acceptors (Lipinski definition) is 2. The molecular weight excluding hydrogens is 791 g/mol. The van der Waals surface area contributed by atoms with Crippen LogP contribution in [-0.2, 0) is 17.3 Å². The van der Waals surface area contributed by atoms with E-state index in [1.807, 2.05) is 11.3 Å². The summed E-state index contributed by atoms with van der Waals surface area (Å²) in [7, 11) is 0. The summed E-state index contributed by atoms with van der Waals surface area (Å²) in [6.45, 7) is 9.67. The van der Waals surface area contributed by atoms with Gasteiger partial charge in [-0.15, -0.1) is 11.3 Å². The van der Waals surface area contributed by atoms with Crippen molar-refractivity contribution in [1.29, 1.82) is 0 Å². The summed E-state index contributed by atoms with van der Waals surface area (Å²) in [5.41, 5.74) is 22.0. The van der Waals surface area contributed by atoms with Crippen LogP contribution in [0.25, 0.3) is 81.5 Å². The van der Waals surface area contributed by atoms with Crippen molar-refractivity contribution in [3.05, 3.63) is 215 Å². The first-order valence-electron chi connectivity index (χ1n) is 22.8. The third-order valence-electron chi connectivity index (χ3n) is 14.9. The summed E-state index contributed by atoms with van der Waals surface area (Å²) in [6.07, 6.45) is 6.76. The Morgan fingerprint density at radius 2 is 0.969 bits per heavy atom. The average Bonchev–Trinajstić information content (AvgIpc) is 3.90. The minimum absolute atomic E-state index is 0.178. The maximum atomic E-state index is 2.59. The van der Waals surface area contributed by atoms with E-state index in [9.17, 15) is 0 Å². The normalized spacial score (nSPS) is 14.9. The number of thiophene rings is 1. The molecule has 0 spiro atoms. The predicted octanol–water partition coefficient (Wildman–Crippen LogP) is 17.6. The van der Waals surface area contributed by atoms with Crippen molar-refractivity contribution in [2.75, 3.05) is 4.90 Å². The van der Waals surface area contributed by atoms with Crippen LogP contribution in [0.3, 0.4) is 0 Å². The molecule has 9 aromatic carbocycles. The summed E-state index contributed by atoms with van der Waals surface area (Å²) in [5.74, 6) is 0. The number of nitrogens with zero attached hydrogens (tertiary/aromatic N) is 1. The van der Waals surface area contributed by atoms with Crippen LogP contribution in [0.1, 0.15) is 67.5 Å². The zero-order valence-corrected chi connectivity index (χ0v) is 37.5. The fraction of sp³-hybridized carbons (Fsp3) is 0.129. The number of allylic oxidation sites excluding steroid dienone is 1. The largest absolute Gasteiger partial charge is 0.310 e. The highest BCUT2D eigenvalue weighted by atomic mass is 32.1. The molecule has 3 aliphatic carbocycles. The molecule has 0 unspecified atom stereocenters. The van der Waals surface area contributed by atoms with Gasteiger partial charge in [-0.1, -0.05) is 155 Å². The van der Waals surface area contributed by atoms with Crippen LogP contribution < -0.4 is 4.90 Å². The van der Waals surface area contributed by atoms with E-state index in [1.165, 1.54) is 126 Å². The molecule has 0 saturated carbocycles. The van der Waals surface area contributed by atoms with E-state index in [0.717, 1.165) is 12.8 Å². The number of fused-ring (bicyclic) bond motifs is 12. The standard InChI is InChI=1S/C62H47NS/c1-61(2)54-33-40(38-14-6-5-7-15-38)22-27-47(54)49-29-25-43(36-56(49)61)63(58-35-42-16-8-9-17-45(42)46-18-10-11-19-51(46)58)44-26-30-50-48-28-23-41(34-55(48)62(3,4)57(50)37-44)39-24-31-60-53(32-39)52-20-12-13-21-59(52)64-60/h5-10,12-18,20-37H,11,19H2,1-4H3. The number of anilines is 3. The number of hydrogen-bond donors (Lipinski definition) is 0. The van der Waals surface area contributed by atoms with Crippen LogP contribution in [0.2, 0.25) is 0 Å². The third-order valence-corrected chi connectivity index (χ3v) is 16.1. The fourth-order valence-corrected chi connectivity index (χ4v) is 12.6. The second-order valence-electron chi connectivity index (χ2n) is 19.2. The third kappa shape index (κ3) is 5.48. The Labute approximate surface area is 379 Å². The zero-order chi connectivity index (χ0) is 42.9. The molecule has 0 amide bonds. The highest BCUT2D eigenvalue weighted by Gasteiger charge is 2.39. The Morgan fingerprint density at radius 1 is 0.438 bits per heavy atom. The van der Waals surface area contributed by atoms with E-state index in [4.69, 9.17) is 0 Å². The maximum Gasteiger partial charge on any atom is 0.0506 e. The molecule has 2 heteroatoms. The van der Waals surface area contributed by atoms with E-state index in [0.29, 0.717) is 0 Å². The maximum absolute atomic E-state index is 2.59. The van der Waals surface area contributed by atoms with Gasteiger partial charge in [-0.3, -0.25) is 0 Å². The van der Waals surface area contributed by atoms with E-state index in [-0.39, 0.29) is 10.8 Å². The Morgan fingerprint density at radius 3 is 1.66 bits per heavy atom. The van der Waals surface area contributed by atoms with E-state index < -0.39 is 0 Å². The first-order chi connectivity index (χ1) is 31.2. The molecule has 10 aromatic rings. The van der Waals surface area contributed by atoms with Gasteiger partial charge in [0.2, 0.25) is 0 Å². The van der Waals surface area contributed by atoms with E-state index in [2.05, 4.69) is 221 Å². The monoisotopic (exact) mass is 837 g/mol. The van der Waals surface area contributed by atoms with Crippen molar-refractivity contribution < 1.29 is 0 Å². The molecule has 1 nitrogen and oxygen atoms in total. The van der Waals surface area contributed by atoms with Gasteiger partial charge in [0.05, 0.1) is 5.69 Å². The SMILES string of the molecule is CC1(C)c2cc(-c3ccccc3)ccc2-c2ccc(N(c3ccc4c(c3)C(C)(C)c3cc(-c5ccc6sc7ccccc7c6c5)ccc3-4)c3cc4ccccc4c4c3CCC=C4)cc21. The van der Waals surface area contributed by atoms with Crippen molar-refractivity contribution in [2.45, 2.75) is 51.4 Å². The van der Waals surface area contributed by atoms with Gasteiger partial charge in [-0.25, -0.2) is 0 Å². The fourth-order valence-electron chi connectivity index (χ4n) is 11.5. The summed E-state index contributed by atoms with van der Waals surface area (Å²) >= 11 is 1.88. The lowest BCUT2D eigenvalue weighted by Crippen LogP contribution is -2.19. The van der Waals surface area contributed by atoms with Crippen LogP contribution in [0.15, 0.2) is 182 Å². The number of benzene rings is 9. The van der Waals surface area contributed by atoms with E-state index in [1.54, 1.807) is 0 Å². The lowest BCUT2D eigenvalue weighted by Gasteiger charge is -2.32. The highest BCUT2D eigenvalue weighted by Crippen LogP contribution is 2.55. The van der Waals surface area contributed by atoms with Gasteiger partial charge in [0, 0.05) is 42.4 Å². The van der Waals surface area contributed by atoms with Gasteiger partial charge in [0.15, 0.2) is 0 Å². The Balaban J connectivity index is 0.959. The first-order valence-corrected chi connectivity index (χ1v) is 23.6. The molecule has 64 heavy (non-hydrogen) atoms. The lowest BCUT2D eigenvalue weighted by molar-refractivity contribution is 0.660. The predicted molar refractivity (Wildman–Crippen MR) is 275 cm³/mol. The van der Waals surface area contributed by atoms with Crippen molar-refractivity contribution in [2.24, 2.45) is 0 Å². The zero-order valence-electron chi connectivity index (χ0n) is 36.7. The Kier molecular flexibility index (Phi) is 8.07. The molecule has 0 fully saturated rings. The van der Waals surface area contributed by atoms with Gasteiger partial charge >= 0.3 is 0 Å². The molecule has 13 rings (SSSR count). The molecule has 0 bridgehead atoms. The van der Waals surface area contributed by atoms with Gasteiger partial charge in [-0.05, 0) is 162 Å². The van der Waals surface area contributed by atoms with Gasteiger partial charge in [0.25, 0.3) is 0 Å². The Bertz CT molecular complexity index is 3620. The molecule has 0 aliphatic heterocycles. The van der Waals surface area contributed by atoms with Crippen LogP contribution in [-0.4, -0.2) is 0 Å². The molecular formula is C62H47NS. The topological polar surface area (TPSA) is 3.24 Å². The summed E-state index contributed by atoms with van der Waals surface area (Å²) in [6, 6.07) is 66.8. The molecule has 0 saturated heterocycles. The van der Waals surface area contributed by atoms with Gasteiger partial charge < -0.3 is 4.90 Å². The van der Waals surface area contributed by atoms with Crippen molar-refractivity contribution in [3.8, 4) is 44.5 Å². The van der Waals surface area contributed by atoms with Crippen LogP contribution in [0, 0.1) is 0 Å². The second-order valence-corrected chi connectivity index (χ2v) is 20.3. The van der Waals surface area contributed by atoms with Crippen LogP contribution in [0.4, 0.5) is 17.1 Å². The van der Waals surface area contributed by atoms with E-state index >= 15 is 0 Å². The smallest absolute Gasteiger partial charge is 0.0506 e. The van der Waals surface area contributed by atoms with Gasteiger partial charge in [-0.2, -0.15) is 0 Å². The molecule has 3 aliphatic rings. The molecule has 0 N–H and O–H groups in total. The van der Waals surface area contributed by atoms with Crippen molar-refractivity contribution in [1.82, 2.24) is 0 Å². The molecule has 0 atom stereocenters. The lowest BCUT2D eigenvalue weighted by atomic mass is 9.81. The quantitative estimate of drug-likeness (QED) is 0.167. The summed E-state index contributed by atoms with van der Waals surface area (Å²) in [5, 5.41) is 5.27. The highest BCUT2D eigenvalue weighted by molar-refractivity contribution is 7.25. The summed E-state index contributed by atoms with van der Waals surface area (Å²) in [4.78, 5) is 2.59. The average molecular weight is 838 g/mol. The Hall–Kier alpha value is -7.00. The summed E-state index contributed by atoms with van der Waals surface area (Å²) < 4.78 is 2.69. The number of rotatable bonds is 5. The van der Waals surface area contributed by atoms with Crippen molar-refractivity contribution >= 4 is 65.4 Å². The van der Waals surface area contributed by atoms with Crippen LogP contribution in [0.5, 0.6) is 0 Å². The molecule has 306 valence electrons. The van der Waals surface area contributed by atoms with Gasteiger partial charge in [0.1, 0.15) is 0 Å². The van der Waals surface area contributed by atoms with Crippen LogP contribution >= 0.6 is 11.3 Å². The molecule has 1 aromatic heterocycles. The van der Waals surface area contributed by atoms with Crippen molar-refractivity contribution in [3.63, 3.8) is 0 Å².